The Balaban J connectivity index is 1.58. The van der Waals surface area contributed by atoms with Gasteiger partial charge in [0.2, 0.25) is 11.7 Å². The number of nitrogens with zero attached hydrogens (tertiary/aromatic N) is 3. The van der Waals surface area contributed by atoms with E-state index in [2.05, 4.69) is 31.4 Å². The molecule has 1 amide bonds. The lowest BCUT2D eigenvalue weighted by Crippen LogP contribution is -2.15. The number of ether oxygens (including phenoxy) is 1. The Morgan fingerprint density at radius 1 is 1.13 bits per heavy atom. The zero-order chi connectivity index (χ0) is 20.9. The number of carbonyl (C=O) groups excluding carboxylic acids is 1. The molecule has 152 valence electrons. The zero-order valence-electron chi connectivity index (χ0n) is 15.9. The first-order valence-electron chi connectivity index (χ1n) is 8.96. The van der Waals surface area contributed by atoms with E-state index in [1.807, 2.05) is 59.2 Å². The van der Waals surface area contributed by atoms with Crippen LogP contribution in [0.5, 0.6) is 5.75 Å². The zero-order valence-corrected chi connectivity index (χ0v) is 18.3. The van der Waals surface area contributed by atoms with Gasteiger partial charge >= 0.3 is 0 Å². The van der Waals surface area contributed by atoms with E-state index in [9.17, 15) is 4.79 Å². The second kappa shape index (κ2) is 9.19. The molecule has 0 aliphatic heterocycles. The van der Waals surface area contributed by atoms with E-state index < -0.39 is 0 Å². The lowest BCUT2D eigenvalue weighted by Gasteiger charge is -2.10. The SMILES string of the molecule is COc1ccc(-n2c(SCC(=O)Nc3ccccc3Br)nnc2-c2ccco2)cc1. The first-order chi connectivity index (χ1) is 14.7. The highest BCUT2D eigenvalue weighted by molar-refractivity contribution is 9.10. The first kappa shape index (κ1) is 20.2. The van der Waals surface area contributed by atoms with Crippen LogP contribution in [0.4, 0.5) is 5.69 Å². The van der Waals surface area contributed by atoms with Crippen molar-refractivity contribution in [3.63, 3.8) is 0 Å². The van der Waals surface area contributed by atoms with Gasteiger partial charge in [-0.1, -0.05) is 23.9 Å². The van der Waals surface area contributed by atoms with Crippen molar-refractivity contribution in [2.45, 2.75) is 5.16 Å². The van der Waals surface area contributed by atoms with Gasteiger partial charge in [-0.05, 0) is 64.5 Å². The molecule has 4 aromatic rings. The standard InChI is InChI=1S/C21H17BrN4O3S/c1-28-15-10-8-14(9-11-15)26-20(18-7-4-12-29-18)24-25-21(26)30-13-19(27)23-17-6-3-2-5-16(17)22/h2-12H,13H2,1H3,(H,23,27). The van der Waals surface area contributed by atoms with Gasteiger partial charge in [0.1, 0.15) is 5.75 Å². The van der Waals surface area contributed by atoms with Crippen molar-refractivity contribution in [2.24, 2.45) is 0 Å². The number of anilines is 1. The van der Waals surface area contributed by atoms with Crippen LogP contribution in [-0.4, -0.2) is 33.5 Å². The number of methoxy groups -OCH3 is 1. The maximum absolute atomic E-state index is 12.5. The molecule has 0 aliphatic rings. The first-order valence-corrected chi connectivity index (χ1v) is 10.7. The number of rotatable bonds is 7. The van der Waals surface area contributed by atoms with E-state index in [-0.39, 0.29) is 11.7 Å². The van der Waals surface area contributed by atoms with E-state index in [1.165, 1.54) is 11.8 Å². The molecule has 0 spiro atoms. The van der Waals surface area contributed by atoms with Crippen LogP contribution in [0, 0.1) is 0 Å². The van der Waals surface area contributed by atoms with Crippen molar-refractivity contribution in [2.75, 3.05) is 18.2 Å². The van der Waals surface area contributed by atoms with E-state index in [4.69, 9.17) is 9.15 Å². The molecule has 2 aromatic carbocycles. The molecule has 0 bridgehead atoms. The van der Waals surface area contributed by atoms with Crippen LogP contribution in [0.25, 0.3) is 17.3 Å². The fraction of sp³-hybridized carbons (Fsp3) is 0.0952. The summed E-state index contributed by atoms with van der Waals surface area (Å²) < 4.78 is 13.4. The molecule has 0 fully saturated rings. The maximum Gasteiger partial charge on any atom is 0.234 e. The third kappa shape index (κ3) is 4.42. The summed E-state index contributed by atoms with van der Waals surface area (Å²) >= 11 is 4.72. The summed E-state index contributed by atoms with van der Waals surface area (Å²) in [5.74, 6) is 1.92. The van der Waals surface area contributed by atoms with Crippen molar-refractivity contribution < 1.29 is 13.9 Å². The Hall–Kier alpha value is -3.04. The lowest BCUT2D eigenvalue weighted by molar-refractivity contribution is -0.113. The smallest absolute Gasteiger partial charge is 0.234 e. The number of aromatic nitrogens is 3. The van der Waals surface area contributed by atoms with Crippen LogP contribution in [0.1, 0.15) is 0 Å². The number of thioether (sulfide) groups is 1. The van der Waals surface area contributed by atoms with Crippen LogP contribution in [0.15, 0.2) is 81.0 Å². The third-order valence-electron chi connectivity index (χ3n) is 4.19. The summed E-state index contributed by atoms with van der Waals surface area (Å²) in [6.45, 7) is 0. The van der Waals surface area contributed by atoms with Gasteiger partial charge in [-0.25, -0.2) is 0 Å². The number of furan rings is 1. The number of hydrogen-bond acceptors (Lipinski definition) is 6. The Labute approximate surface area is 185 Å². The molecule has 30 heavy (non-hydrogen) atoms. The Kier molecular flexibility index (Phi) is 6.20. The van der Waals surface area contributed by atoms with Gasteiger partial charge < -0.3 is 14.5 Å². The lowest BCUT2D eigenvalue weighted by atomic mass is 10.3. The van der Waals surface area contributed by atoms with Crippen LogP contribution < -0.4 is 10.1 Å². The second-order valence-electron chi connectivity index (χ2n) is 6.13. The third-order valence-corrected chi connectivity index (χ3v) is 5.81. The number of amides is 1. The molecule has 7 nitrogen and oxygen atoms in total. The predicted molar refractivity (Wildman–Crippen MR) is 119 cm³/mol. The van der Waals surface area contributed by atoms with Gasteiger partial charge in [0, 0.05) is 4.47 Å². The highest BCUT2D eigenvalue weighted by Crippen LogP contribution is 2.29. The average Bonchev–Trinajstić information content (AvgIpc) is 3.44. The van der Waals surface area contributed by atoms with Gasteiger partial charge in [0.25, 0.3) is 0 Å². The molecule has 0 unspecified atom stereocenters. The molecule has 0 aliphatic carbocycles. The molecule has 2 aromatic heterocycles. The Morgan fingerprint density at radius 2 is 1.93 bits per heavy atom. The fourth-order valence-electron chi connectivity index (χ4n) is 2.77. The molecule has 0 saturated heterocycles. The van der Waals surface area contributed by atoms with Crippen molar-refractivity contribution in [1.29, 1.82) is 0 Å². The molecule has 0 saturated carbocycles. The minimum absolute atomic E-state index is 0.143. The number of para-hydroxylation sites is 1. The molecular weight excluding hydrogens is 468 g/mol. The van der Waals surface area contributed by atoms with E-state index in [1.54, 1.807) is 19.4 Å². The minimum Gasteiger partial charge on any atom is -0.497 e. The van der Waals surface area contributed by atoms with Crippen LogP contribution in [0.3, 0.4) is 0 Å². The van der Waals surface area contributed by atoms with Crippen molar-refractivity contribution in [3.8, 4) is 23.0 Å². The van der Waals surface area contributed by atoms with Crippen LogP contribution in [-0.2, 0) is 4.79 Å². The monoisotopic (exact) mass is 484 g/mol. The van der Waals surface area contributed by atoms with Gasteiger partial charge in [-0.15, -0.1) is 10.2 Å². The average molecular weight is 485 g/mol. The minimum atomic E-state index is -0.143. The van der Waals surface area contributed by atoms with E-state index in [0.29, 0.717) is 16.7 Å². The summed E-state index contributed by atoms with van der Waals surface area (Å²) in [4.78, 5) is 12.5. The van der Waals surface area contributed by atoms with E-state index in [0.717, 1.165) is 21.6 Å². The van der Waals surface area contributed by atoms with Crippen molar-refractivity contribution >= 4 is 39.3 Å². The molecule has 1 N–H and O–H groups in total. The molecule has 2 heterocycles. The van der Waals surface area contributed by atoms with E-state index >= 15 is 0 Å². The van der Waals surface area contributed by atoms with Gasteiger partial charge in [-0.3, -0.25) is 9.36 Å². The summed E-state index contributed by atoms with van der Waals surface area (Å²) in [5.41, 5.74) is 1.55. The van der Waals surface area contributed by atoms with Crippen LogP contribution >= 0.6 is 27.7 Å². The Morgan fingerprint density at radius 3 is 2.63 bits per heavy atom. The molecular formula is C21H17BrN4O3S. The normalized spacial score (nSPS) is 10.7. The maximum atomic E-state index is 12.5. The summed E-state index contributed by atoms with van der Waals surface area (Å²) in [5, 5.41) is 12.0. The van der Waals surface area contributed by atoms with Gasteiger partial charge in [0.15, 0.2) is 10.9 Å². The van der Waals surface area contributed by atoms with Crippen molar-refractivity contribution in [3.05, 3.63) is 71.4 Å². The summed E-state index contributed by atoms with van der Waals surface area (Å²) in [6.07, 6.45) is 1.58. The quantitative estimate of drug-likeness (QED) is 0.370. The number of benzene rings is 2. The fourth-order valence-corrected chi connectivity index (χ4v) is 3.91. The summed E-state index contributed by atoms with van der Waals surface area (Å²) in [6, 6.07) is 18.6. The number of halogens is 1. The molecule has 0 radical (unpaired) electrons. The number of hydrogen-bond donors (Lipinski definition) is 1. The van der Waals surface area contributed by atoms with Gasteiger partial charge in [0.05, 0.1) is 30.5 Å². The predicted octanol–water partition coefficient (Wildman–Crippen LogP) is 5.03. The highest BCUT2D eigenvalue weighted by atomic mass is 79.9. The topological polar surface area (TPSA) is 82.2 Å². The molecule has 4 rings (SSSR count). The number of carbonyl (C=O) groups is 1. The van der Waals surface area contributed by atoms with Crippen molar-refractivity contribution in [1.82, 2.24) is 14.8 Å². The summed E-state index contributed by atoms with van der Waals surface area (Å²) in [7, 11) is 1.62. The highest BCUT2D eigenvalue weighted by Gasteiger charge is 2.19. The largest absolute Gasteiger partial charge is 0.497 e. The van der Waals surface area contributed by atoms with Crippen LogP contribution in [0.2, 0.25) is 0 Å². The number of nitrogens with one attached hydrogen (secondary N) is 1. The second-order valence-corrected chi connectivity index (χ2v) is 7.93. The van der Waals surface area contributed by atoms with Gasteiger partial charge in [-0.2, -0.15) is 0 Å². The molecule has 9 heteroatoms. The Bertz CT molecular complexity index is 1140. The molecule has 0 atom stereocenters.